The fourth-order valence-electron chi connectivity index (χ4n) is 3.22. The summed E-state index contributed by atoms with van der Waals surface area (Å²) in [6.45, 7) is 0. The number of carbonyl (C=O) groups excluding carboxylic acids is 1. The van der Waals surface area contributed by atoms with Gasteiger partial charge in [-0.15, -0.1) is 0 Å². The number of nitrogens with one attached hydrogen (secondary N) is 1. The molecule has 1 aromatic carbocycles. The quantitative estimate of drug-likeness (QED) is 0.866. The average molecular weight is 337 g/mol. The SMILES string of the molecule is COc1ccc(CC(=O)NC2CCCCCCC2C(=O)O)cc1F. The standard InChI is InChI=1S/C18H24FNO4/c1-24-16-9-8-12(10-14(16)19)11-17(21)20-15-7-5-3-2-4-6-13(15)18(22)23/h8-10,13,15H,2-7,11H2,1H3,(H,20,21)(H,22,23). The van der Waals surface area contributed by atoms with E-state index in [9.17, 15) is 19.1 Å². The van der Waals surface area contributed by atoms with Gasteiger partial charge < -0.3 is 15.2 Å². The van der Waals surface area contributed by atoms with Gasteiger partial charge in [0, 0.05) is 6.04 Å². The van der Waals surface area contributed by atoms with Crippen molar-refractivity contribution < 1.29 is 23.8 Å². The van der Waals surface area contributed by atoms with Crippen molar-refractivity contribution in [2.45, 2.75) is 51.0 Å². The highest BCUT2D eigenvalue weighted by Crippen LogP contribution is 2.23. The number of carbonyl (C=O) groups is 2. The molecular weight excluding hydrogens is 313 g/mol. The Morgan fingerprint density at radius 3 is 2.58 bits per heavy atom. The van der Waals surface area contributed by atoms with Crippen LogP contribution in [-0.4, -0.2) is 30.1 Å². The van der Waals surface area contributed by atoms with Gasteiger partial charge in [-0.1, -0.05) is 31.7 Å². The Morgan fingerprint density at radius 2 is 1.96 bits per heavy atom. The molecule has 1 aromatic rings. The summed E-state index contributed by atoms with van der Waals surface area (Å²) in [5.74, 6) is -2.08. The number of rotatable bonds is 5. The van der Waals surface area contributed by atoms with E-state index in [0.29, 0.717) is 18.4 Å². The molecule has 1 fully saturated rings. The zero-order chi connectivity index (χ0) is 17.5. The number of carboxylic acids is 1. The zero-order valence-electron chi connectivity index (χ0n) is 13.9. The van der Waals surface area contributed by atoms with Gasteiger partial charge in [0.15, 0.2) is 11.6 Å². The summed E-state index contributed by atoms with van der Waals surface area (Å²) in [6, 6.07) is 4.02. The second-order valence-corrected chi connectivity index (χ2v) is 6.26. The maximum absolute atomic E-state index is 13.7. The summed E-state index contributed by atoms with van der Waals surface area (Å²) in [4.78, 5) is 23.7. The fraction of sp³-hybridized carbons (Fsp3) is 0.556. The summed E-state index contributed by atoms with van der Waals surface area (Å²) in [5, 5.41) is 12.2. The number of amides is 1. The van der Waals surface area contributed by atoms with Crippen LogP contribution >= 0.6 is 0 Å². The molecule has 5 nitrogen and oxygen atoms in total. The molecule has 1 saturated carbocycles. The van der Waals surface area contributed by atoms with Gasteiger partial charge in [0.2, 0.25) is 5.91 Å². The highest BCUT2D eigenvalue weighted by Gasteiger charge is 2.29. The molecule has 2 N–H and O–H groups in total. The van der Waals surface area contributed by atoms with Crippen LogP contribution in [0.5, 0.6) is 5.75 Å². The molecule has 132 valence electrons. The van der Waals surface area contributed by atoms with Gasteiger partial charge in [-0.25, -0.2) is 4.39 Å². The Kier molecular flexibility index (Phi) is 6.58. The van der Waals surface area contributed by atoms with Crippen molar-refractivity contribution in [3.05, 3.63) is 29.6 Å². The van der Waals surface area contributed by atoms with Gasteiger partial charge in [-0.2, -0.15) is 0 Å². The van der Waals surface area contributed by atoms with E-state index < -0.39 is 17.7 Å². The van der Waals surface area contributed by atoms with Crippen LogP contribution < -0.4 is 10.1 Å². The number of ether oxygens (including phenoxy) is 1. The van der Waals surface area contributed by atoms with Gasteiger partial charge in [0.05, 0.1) is 19.4 Å². The smallest absolute Gasteiger partial charge is 0.308 e. The predicted octanol–water partition coefficient (Wildman–Crippen LogP) is 2.92. The summed E-state index contributed by atoms with van der Waals surface area (Å²) in [5.41, 5.74) is 0.531. The Balaban J connectivity index is 2.00. The molecular formula is C18H24FNO4. The van der Waals surface area contributed by atoms with E-state index in [1.165, 1.54) is 19.2 Å². The van der Waals surface area contributed by atoms with Crippen molar-refractivity contribution in [3.8, 4) is 5.75 Å². The van der Waals surface area contributed by atoms with Crippen LogP contribution in [0.4, 0.5) is 4.39 Å². The van der Waals surface area contributed by atoms with Crippen LogP contribution in [0.25, 0.3) is 0 Å². The maximum Gasteiger partial charge on any atom is 0.308 e. The number of hydrogen-bond acceptors (Lipinski definition) is 3. The number of halogens is 1. The molecule has 2 unspecified atom stereocenters. The molecule has 2 rings (SSSR count). The Hall–Kier alpha value is -2.11. The van der Waals surface area contributed by atoms with E-state index in [1.54, 1.807) is 6.07 Å². The van der Waals surface area contributed by atoms with E-state index in [4.69, 9.17) is 4.74 Å². The van der Waals surface area contributed by atoms with Crippen molar-refractivity contribution in [3.63, 3.8) is 0 Å². The molecule has 0 spiro atoms. The van der Waals surface area contributed by atoms with Crippen LogP contribution in [0.15, 0.2) is 18.2 Å². The number of benzene rings is 1. The molecule has 1 aliphatic carbocycles. The van der Waals surface area contributed by atoms with Crippen LogP contribution in [0.2, 0.25) is 0 Å². The van der Waals surface area contributed by atoms with Gasteiger partial charge in [0.1, 0.15) is 0 Å². The van der Waals surface area contributed by atoms with Crippen molar-refractivity contribution in [1.82, 2.24) is 5.32 Å². The highest BCUT2D eigenvalue weighted by atomic mass is 19.1. The highest BCUT2D eigenvalue weighted by molar-refractivity contribution is 5.80. The third-order valence-electron chi connectivity index (χ3n) is 4.51. The average Bonchev–Trinajstić information content (AvgIpc) is 2.50. The summed E-state index contributed by atoms with van der Waals surface area (Å²) in [7, 11) is 1.38. The number of methoxy groups -OCH3 is 1. The van der Waals surface area contributed by atoms with Crippen LogP contribution in [-0.2, 0) is 16.0 Å². The van der Waals surface area contributed by atoms with Crippen LogP contribution in [0, 0.1) is 11.7 Å². The van der Waals surface area contributed by atoms with Crippen molar-refractivity contribution in [2.24, 2.45) is 5.92 Å². The number of carboxylic acid groups (broad SMARTS) is 1. The maximum atomic E-state index is 13.7. The lowest BCUT2D eigenvalue weighted by atomic mass is 9.86. The third-order valence-corrected chi connectivity index (χ3v) is 4.51. The van der Waals surface area contributed by atoms with E-state index in [2.05, 4.69) is 5.32 Å². The Morgan fingerprint density at radius 1 is 1.25 bits per heavy atom. The molecule has 0 aromatic heterocycles. The molecule has 0 heterocycles. The first kappa shape index (κ1) is 18.2. The normalized spacial score (nSPS) is 21.4. The fourth-order valence-corrected chi connectivity index (χ4v) is 3.22. The van der Waals surface area contributed by atoms with Gasteiger partial charge in [-0.3, -0.25) is 9.59 Å². The van der Waals surface area contributed by atoms with E-state index >= 15 is 0 Å². The predicted molar refractivity (Wildman–Crippen MR) is 87.4 cm³/mol. The monoisotopic (exact) mass is 337 g/mol. The number of aliphatic carboxylic acids is 1. The lowest BCUT2D eigenvalue weighted by molar-refractivity contribution is -0.143. The van der Waals surface area contributed by atoms with Gasteiger partial charge >= 0.3 is 5.97 Å². The molecule has 0 bridgehead atoms. The first-order valence-corrected chi connectivity index (χ1v) is 8.36. The minimum absolute atomic E-state index is 0.0176. The number of hydrogen-bond donors (Lipinski definition) is 2. The van der Waals surface area contributed by atoms with Crippen molar-refractivity contribution in [2.75, 3.05) is 7.11 Å². The molecule has 1 aliphatic rings. The van der Waals surface area contributed by atoms with E-state index in [1.807, 2.05) is 0 Å². The lowest BCUT2D eigenvalue weighted by Gasteiger charge is -2.27. The Bertz CT molecular complexity index is 590. The molecule has 1 amide bonds. The van der Waals surface area contributed by atoms with Crippen LogP contribution in [0.3, 0.4) is 0 Å². The van der Waals surface area contributed by atoms with Gasteiger partial charge in [-0.05, 0) is 30.5 Å². The summed E-state index contributed by atoms with van der Waals surface area (Å²) < 4.78 is 18.5. The van der Waals surface area contributed by atoms with Crippen molar-refractivity contribution in [1.29, 1.82) is 0 Å². The molecule has 2 atom stereocenters. The second-order valence-electron chi connectivity index (χ2n) is 6.26. The first-order valence-electron chi connectivity index (χ1n) is 8.36. The zero-order valence-corrected chi connectivity index (χ0v) is 13.9. The third kappa shape index (κ3) is 4.94. The molecule has 0 saturated heterocycles. The minimum atomic E-state index is -0.863. The van der Waals surface area contributed by atoms with Crippen LogP contribution in [0.1, 0.15) is 44.1 Å². The minimum Gasteiger partial charge on any atom is -0.494 e. The topological polar surface area (TPSA) is 75.6 Å². The molecule has 0 radical (unpaired) electrons. The summed E-state index contributed by atoms with van der Waals surface area (Å²) in [6.07, 6.45) is 5.14. The second kappa shape index (κ2) is 8.66. The lowest BCUT2D eigenvalue weighted by Crippen LogP contribution is -2.44. The Labute approximate surface area is 141 Å². The molecule has 0 aliphatic heterocycles. The van der Waals surface area contributed by atoms with E-state index in [0.717, 1.165) is 25.7 Å². The largest absolute Gasteiger partial charge is 0.494 e. The van der Waals surface area contributed by atoms with E-state index in [-0.39, 0.29) is 24.1 Å². The molecule has 24 heavy (non-hydrogen) atoms. The first-order chi connectivity index (χ1) is 11.5. The molecule has 6 heteroatoms. The van der Waals surface area contributed by atoms with Crippen molar-refractivity contribution >= 4 is 11.9 Å². The summed E-state index contributed by atoms with van der Waals surface area (Å²) >= 11 is 0. The van der Waals surface area contributed by atoms with Gasteiger partial charge in [0.25, 0.3) is 0 Å².